The zero-order valence-corrected chi connectivity index (χ0v) is 11.3. The van der Waals surface area contributed by atoms with Crippen molar-refractivity contribution in [2.24, 2.45) is 11.8 Å². The first-order chi connectivity index (χ1) is 9.09. The number of amides is 2. The van der Waals surface area contributed by atoms with Gasteiger partial charge in [0.2, 0.25) is 11.8 Å². The number of aryl methyl sites for hydroxylation is 1. The monoisotopic (exact) mass is 258 g/mol. The summed E-state index contributed by atoms with van der Waals surface area (Å²) in [6.07, 6.45) is 2.09. The first kappa shape index (κ1) is 12.2. The van der Waals surface area contributed by atoms with Gasteiger partial charge in [0.25, 0.3) is 0 Å². The molecule has 2 heterocycles. The zero-order valence-electron chi connectivity index (χ0n) is 11.3. The standard InChI is InChI=1S/C15H18N2O2/c1-9-10(2)15(19)17(14(9)18)12-5-6-13-11(8-12)4-3-7-16-13/h5-6,8-10,16H,3-4,7H2,1-2H3. The number of nitrogens with one attached hydrogen (secondary N) is 1. The van der Waals surface area contributed by atoms with Crippen LogP contribution >= 0.6 is 0 Å². The summed E-state index contributed by atoms with van der Waals surface area (Å²) in [5.41, 5.74) is 3.03. The number of benzene rings is 1. The Morgan fingerprint density at radius 3 is 2.53 bits per heavy atom. The van der Waals surface area contributed by atoms with Crippen molar-refractivity contribution in [1.29, 1.82) is 0 Å². The lowest BCUT2D eigenvalue weighted by molar-refractivity contribution is -0.122. The fourth-order valence-corrected chi connectivity index (χ4v) is 2.80. The molecular formula is C15H18N2O2. The number of anilines is 2. The van der Waals surface area contributed by atoms with E-state index in [1.165, 1.54) is 10.5 Å². The molecule has 1 fully saturated rings. The number of hydrogen-bond donors (Lipinski definition) is 1. The average Bonchev–Trinajstić information content (AvgIpc) is 2.63. The fourth-order valence-electron chi connectivity index (χ4n) is 2.80. The third-order valence-electron chi connectivity index (χ3n) is 4.26. The first-order valence-electron chi connectivity index (χ1n) is 6.84. The molecule has 2 amide bonds. The highest BCUT2D eigenvalue weighted by Crippen LogP contribution is 2.33. The first-order valence-corrected chi connectivity index (χ1v) is 6.84. The highest BCUT2D eigenvalue weighted by atomic mass is 16.2. The second-order valence-electron chi connectivity index (χ2n) is 5.46. The van der Waals surface area contributed by atoms with Gasteiger partial charge in [-0.25, -0.2) is 0 Å². The summed E-state index contributed by atoms with van der Waals surface area (Å²) in [5.74, 6) is -0.606. The van der Waals surface area contributed by atoms with Gasteiger partial charge in [-0.3, -0.25) is 14.5 Å². The van der Waals surface area contributed by atoms with Crippen molar-refractivity contribution in [3.8, 4) is 0 Å². The Hall–Kier alpha value is -1.84. The molecule has 0 aliphatic carbocycles. The van der Waals surface area contributed by atoms with E-state index in [-0.39, 0.29) is 23.7 Å². The molecule has 2 atom stereocenters. The van der Waals surface area contributed by atoms with Crippen molar-refractivity contribution >= 4 is 23.2 Å². The Kier molecular flexibility index (Phi) is 2.81. The number of hydrogen-bond acceptors (Lipinski definition) is 3. The smallest absolute Gasteiger partial charge is 0.237 e. The minimum absolute atomic E-state index is 0.0822. The number of imide groups is 1. The van der Waals surface area contributed by atoms with E-state index < -0.39 is 0 Å². The zero-order chi connectivity index (χ0) is 13.6. The third kappa shape index (κ3) is 1.82. The van der Waals surface area contributed by atoms with Gasteiger partial charge >= 0.3 is 0 Å². The van der Waals surface area contributed by atoms with Gasteiger partial charge in [-0.1, -0.05) is 13.8 Å². The lowest BCUT2D eigenvalue weighted by Crippen LogP contribution is -2.30. The number of carbonyl (C=O) groups is 2. The Morgan fingerprint density at radius 2 is 1.84 bits per heavy atom. The fraction of sp³-hybridized carbons (Fsp3) is 0.467. The molecule has 1 saturated heterocycles. The number of carbonyl (C=O) groups excluding carboxylic acids is 2. The van der Waals surface area contributed by atoms with Gasteiger partial charge in [0, 0.05) is 24.1 Å². The van der Waals surface area contributed by atoms with E-state index in [4.69, 9.17) is 0 Å². The van der Waals surface area contributed by atoms with E-state index in [2.05, 4.69) is 5.32 Å². The normalized spacial score (nSPS) is 26.3. The number of rotatable bonds is 1. The quantitative estimate of drug-likeness (QED) is 0.786. The molecule has 2 unspecified atom stereocenters. The largest absolute Gasteiger partial charge is 0.385 e. The topological polar surface area (TPSA) is 49.4 Å². The van der Waals surface area contributed by atoms with Gasteiger partial charge in [-0.05, 0) is 36.6 Å². The van der Waals surface area contributed by atoms with Crippen molar-refractivity contribution in [2.75, 3.05) is 16.8 Å². The summed E-state index contributed by atoms with van der Waals surface area (Å²) in [6, 6.07) is 5.80. The summed E-state index contributed by atoms with van der Waals surface area (Å²) >= 11 is 0. The number of nitrogens with zero attached hydrogens (tertiary/aromatic N) is 1. The predicted octanol–water partition coefficient (Wildman–Crippen LogP) is 2.19. The Labute approximate surface area is 112 Å². The van der Waals surface area contributed by atoms with Gasteiger partial charge in [-0.15, -0.1) is 0 Å². The molecule has 3 rings (SSSR count). The molecule has 1 aromatic carbocycles. The van der Waals surface area contributed by atoms with Crippen molar-refractivity contribution in [1.82, 2.24) is 0 Å². The van der Waals surface area contributed by atoms with Gasteiger partial charge in [-0.2, -0.15) is 0 Å². The molecule has 1 N–H and O–H groups in total. The van der Waals surface area contributed by atoms with E-state index in [1.54, 1.807) is 0 Å². The molecule has 4 nitrogen and oxygen atoms in total. The Balaban J connectivity index is 1.98. The predicted molar refractivity (Wildman–Crippen MR) is 74.1 cm³/mol. The summed E-state index contributed by atoms with van der Waals surface area (Å²) in [4.78, 5) is 25.7. The molecule has 0 saturated carbocycles. The van der Waals surface area contributed by atoms with E-state index in [9.17, 15) is 9.59 Å². The molecule has 2 aliphatic heterocycles. The maximum atomic E-state index is 12.2. The van der Waals surface area contributed by atoms with E-state index >= 15 is 0 Å². The van der Waals surface area contributed by atoms with Crippen LogP contribution in [0.2, 0.25) is 0 Å². The molecule has 1 aromatic rings. The van der Waals surface area contributed by atoms with Crippen molar-refractivity contribution in [3.63, 3.8) is 0 Å². The Bertz CT molecular complexity index is 533. The van der Waals surface area contributed by atoms with Crippen LogP contribution < -0.4 is 10.2 Å². The molecule has 100 valence electrons. The third-order valence-corrected chi connectivity index (χ3v) is 4.26. The van der Waals surface area contributed by atoms with Crippen LogP contribution in [-0.4, -0.2) is 18.4 Å². The van der Waals surface area contributed by atoms with Crippen LogP contribution in [-0.2, 0) is 16.0 Å². The van der Waals surface area contributed by atoms with E-state index in [0.717, 1.165) is 25.1 Å². The van der Waals surface area contributed by atoms with Crippen molar-refractivity contribution in [3.05, 3.63) is 23.8 Å². The van der Waals surface area contributed by atoms with Crippen LogP contribution in [0.3, 0.4) is 0 Å². The summed E-state index contributed by atoms with van der Waals surface area (Å²) in [6.45, 7) is 4.64. The molecule has 0 spiro atoms. The van der Waals surface area contributed by atoms with Crippen molar-refractivity contribution < 1.29 is 9.59 Å². The van der Waals surface area contributed by atoms with Gasteiger partial charge < -0.3 is 5.32 Å². The minimum atomic E-state index is -0.221. The van der Waals surface area contributed by atoms with Crippen LogP contribution in [0.4, 0.5) is 11.4 Å². The van der Waals surface area contributed by atoms with E-state index in [0.29, 0.717) is 5.69 Å². The van der Waals surface area contributed by atoms with Crippen LogP contribution in [0.15, 0.2) is 18.2 Å². The van der Waals surface area contributed by atoms with Gasteiger partial charge in [0.1, 0.15) is 0 Å². The van der Waals surface area contributed by atoms with E-state index in [1.807, 2.05) is 32.0 Å². The Morgan fingerprint density at radius 1 is 1.16 bits per heavy atom. The molecule has 0 aromatic heterocycles. The highest BCUT2D eigenvalue weighted by molar-refractivity contribution is 6.21. The highest BCUT2D eigenvalue weighted by Gasteiger charge is 2.43. The summed E-state index contributed by atoms with van der Waals surface area (Å²) < 4.78 is 0. The summed E-state index contributed by atoms with van der Waals surface area (Å²) in [5, 5.41) is 3.33. The minimum Gasteiger partial charge on any atom is -0.385 e. The van der Waals surface area contributed by atoms with Crippen LogP contribution in [0, 0.1) is 11.8 Å². The summed E-state index contributed by atoms with van der Waals surface area (Å²) in [7, 11) is 0. The number of fused-ring (bicyclic) bond motifs is 1. The van der Waals surface area contributed by atoms with Crippen molar-refractivity contribution in [2.45, 2.75) is 26.7 Å². The molecule has 0 radical (unpaired) electrons. The molecule has 2 aliphatic rings. The molecule has 4 heteroatoms. The van der Waals surface area contributed by atoms with Crippen LogP contribution in [0.25, 0.3) is 0 Å². The average molecular weight is 258 g/mol. The molecule has 19 heavy (non-hydrogen) atoms. The second kappa shape index (κ2) is 4.37. The maximum Gasteiger partial charge on any atom is 0.237 e. The molecule has 0 bridgehead atoms. The van der Waals surface area contributed by atoms with Crippen LogP contribution in [0.5, 0.6) is 0 Å². The maximum absolute atomic E-state index is 12.2. The molecular weight excluding hydrogens is 240 g/mol. The van der Waals surface area contributed by atoms with Crippen LogP contribution in [0.1, 0.15) is 25.8 Å². The second-order valence-corrected chi connectivity index (χ2v) is 5.46. The van der Waals surface area contributed by atoms with Gasteiger partial charge in [0.15, 0.2) is 0 Å². The lowest BCUT2D eigenvalue weighted by atomic mass is 10.00. The lowest BCUT2D eigenvalue weighted by Gasteiger charge is -2.21. The SMILES string of the molecule is CC1C(=O)N(c2ccc3c(c2)CCCN3)C(=O)C1C. The van der Waals surface area contributed by atoms with Gasteiger partial charge in [0.05, 0.1) is 5.69 Å².